The highest BCUT2D eigenvalue weighted by Crippen LogP contribution is 2.28. The monoisotopic (exact) mass is 423 g/mol. The molecular weight excluding hydrogens is 390 g/mol. The van der Waals surface area contributed by atoms with E-state index in [2.05, 4.69) is 0 Å². The molecule has 29 heavy (non-hydrogen) atoms. The van der Waals surface area contributed by atoms with Gasteiger partial charge in [-0.25, -0.2) is 8.42 Å². The molecule has 0 bridgehead atoms. The van der Waals surface area contributed by atoms with Crippen LogP contribution in [0, 0.1) is 5.92 Å². The molecule has 0 aromatic heterocycles. The quantitative estimate of drug-likeness (QED) is 0.580. The number of hydrogen-bond donors (Lipinski definition) is 0. The van der Waals surface area contributed by atoms with Gasteiger partial charge in [-0.1, -0.05) is 13.8 Å². The molecule has 0 unspecified atom stereocenters. The highest BCUT2D eigenvalue weighted by Gasteiger charge is 2.36. The molecule has 0 spiro atoms. The summed E-state index contributed by atoms with van der Waals surface area (Å²) in [6.07, 6.45) is 1.69. The van der Waals surface area contributed by atoms with E-state index in [0.29, 0.717) is 38.4 Å². The maximum Gasteiger partial charge on any atom is 0.243 e. The topological polar surface area (TPSA) is 78.0 Å². The van der Waals surface area contributed by atoms with E-state index in [-0.39, 0.29) is 29.0 Å². The number of amides is 2. The fourth-order valence-electron chi connectivity index (χ4n) is 3.71. The van der Waals surface area contributed by atoms with Crippen molar-refractivity contribution in [3.63, 3.8) is 0 Å². The summed E-state index contributed by atoms with van der Waals surface area (Å²) in [5.41, 5.74) is 0.626. The third-order valence-electron chi connectivity index (χ3n) is 5.28. The van der Waals surface area contributed by atoms with Crippen molar-refractivity contribution in [3.05, 3.63) is 24.3 Å². The van der Waals surface area contributed by atoms with Gasteiger partial charge in [-0.2, -0.15) is 4.31 Å². The van der Waals surface area contributed by atoms with Crippen LogP contribution in [0.2, 0.25) is 0 Å². The van der Waals surface area contributed by atoms with Gasteiger partial charge >= 0.3 is 0 Å². The second-order valence-corrected chi connectivity index (χ2v) is 9.25. The molecule has 0 radical (unpaired) electrons. The van der Waals surface area contributed by atoms with Crippen LogP contribution in [-0.4, -0.2) is 62.2 Å². The highest BCUT2D eigenvalue weighted by molar-refractivity contribution is 7.89. The fourth-order valence-corrected chi connectivity index (χ4v) is 5.34. The number of rotatable bonds is 10. The average Bonchev–Trinajstić information content (AvgIpc) is 3.10. The van der Waals surface area contributed by atoms with E-state index < -0.39 is 10.0 Å². The van der Waals surface area contributed by atoms with E-state index in [4.69, 9.17) is 0 Å². The Balaban J connectivity index is 2.18. The molecule has 1 aliphatic rings. The maximum atomic E-state index is 12.9. The summed E-state index contributed by atoms with van der Waals surface area (Å²) < 4.78 is 27.3. The molecule has 0 N–H and O–H groups in total. The first kappa shape index (κ1) is 23.3. The molecule has 1 aliphatic heterocycles. The zero-order chi connectivity index (χ0) is 21.6. The van der Waals surface area contributed by atoms with Crippen LogP contribution in [0.4, 0.5) is 5.69 Å². The molecule has 1 aromatic rings. The molecule has 1 atom stereocenters. The minimum absolute atomic E-state index is 0.000166. The number of sulfonamides is 1. The lowest BCUT2D eigenvalue weighted by molar-refractivity contribution is -0.135. The Hall–Kier alpha value is -1.93. The number of benzene rings is 1. The second-order valence-electron chi connectivity index (χ2n) is 7.31. The average molecular weight is 424 g/mol. The van der Waals surface area contributed by atoms with Crippen molar-refractivity contribution in [2.24, 2.45) is 5.92 Å². The molecule has 1 aromatic carbocycles. The summed E-state index contributed by atoms with van der Waals surface area (Å²) in [5, 5.41) is 0. The van der Waals surface area contributed by atoms with Gasteiger partial charge in [-0.05, 0) is 51.0 Å². The SMILES string of the molecule is CCCN(CCC)S(=O)(=O)c1ccc(N2C[C@@H](C(=O)N(CC)CC)CC2=O)cc1. The maximum absolute atomic E-state index is 12.9. The predicted molar refractivity (Wildman–Crippen MR) is 114 cm³/mol. The van der Waals surface area contributed by atoms with Gasteiger partial charge in [0.2, 0.25) is 21.8 Å². The van der Waals surface area contributed by atoms with Crippen LogP contribution < -0.4 is 4.90 Å². The number of carbonyl (C=O) groups excluding carboxylic acids is 2. The van der Waals surface area contributed by atoms with Crippen LogP contribution in [0.15, 0.2) is 29.2 Å². The van der Waals surface area contributed by atoms with Gasteiger partial charge in [0.15, 0.2) is 0 Å². The van der Waals surface area contributed by atoms with Crippen molar-refractivity contribution >= 4 is 27.5 Å². The largest absolute Gasteiger partial charge is 0.343 e. The summed E-state index contributed by atoms with van der Waals surface area (Å²) in [6.45, 7) is 10.3. The fraction of sp³-hybridized carbons (Fsp3) is 0.619. The standard InChI is InChI=1S/C21H33N3O4S/c1-5-13-23(14-6-2)29(27,28)19-11-9-18(10-12-19)24-16-17(15-20(24)25)21(26)22(7-3)8-4/h9-12,17H,5-8,13-16H2,1-4H3/t17-/m0/s1. The zero-order valence-corrected chi connectivity index (χ0v) is 18.7. The van der Waals surface area contributed by atoms with Gasteiger partial charge in [-0.3, -0.25) is 9.59 Å². The Morgan fingerprint density at radius 2 is 1.59 bits per heavy atom. The van der Waals surface area contributed by atoms with Crippen LogP contribution in [0.1, 0.15) is 47.0 Å². The molecule has 8 heteroatoms. The van der Waals surface area contributed by atoms with E-state index in [1.165, 1.54) is 4.31 Å². The van der Waals surface area contributed by atoms with Gasteiger partial charge in [0.1, 0.15) is 0 Å². The van der Waals surface area contributed by atoms with Crippen molar-refractivity contribution in [2.75, 3.05) is 37.6 Å². The lowest BCUT2D eigenvalue weighted by Crippen LogP contribution is -2.37. The highest BCUT2D eigenvalue weighted by atomic mass is 32.2. The van der Waals surface area contributed by atoms with Crippen molar-refractivity contribution in [1.29, 1.82) is 0 Å². The summed E-state index contributed by atoms with van der Waals surface area (Å²) in [4.78, 5) is 28.6. The molecule has 1 fully saturated rings. The molecule has 7 nitrogen and oxygen atoms in total. The summed E-state index contributed by atoms with van der Waals surface area (Å²) >= 11 is 0. The van der Waals surface area contributed by atoms with Crippen LogP contribution in [-0.2, 0) is 19.6 Å². The van der Waals surface area contributed by atoms with E-state index in [1.807, 2.05) is 27.7 Å². The van der Waals surface area contributed by atoms with E-state index in [9.17, 15) is 18.0 Å². The summed E-state index contributed by atoms with van der Waals surface area (Å²) in [6, 6.07) is 6.42. The normalized spacial score (nSPS) is 17.2. The Morgan fingerprint density at radius 1 is 1.03 bits per heavy atom. The first-order valence-corrected chi connectivity index (χ1v) is 11.9. The van der Waals surface area contributed by atoms with Gasteiger partial charge in [0.25, 0.3) is 0 Å². The zero-order valence-electron chi connectivity index (χ0n) is 17.9. The molecule has 2 rings (SSSR count). The third-order valence-corrected chi connectivity index (χ3v) is 7.19. The third kappa shape index (κ3) is 5.17. The first-order chi connectivity index (χ1) is 13.8. The first-order valence-electron chi connectivity index (χ1n) is 10.5. The van der Waals surface area contributed by atoms with Crippen molar-refractivity contribution in [2.45, 2.75) is 51.9 Å². The van der Waals surface area contributed by atoms with Crippen molar-refractivity contribution in [3.8, 4) is 0 Å². The lowest BCUT2D eigenvalue weighted by Gasteiger charge is -2.23. The van der Waals surface area contributed by atoms with Crippen molar-refractivity contribution < 1.29 is 18.0 Å². The van der Waals surface area contributed by atoms with E-state index in [0.717, 1.165) is 12.8 Å². The summed E-state index contributed by atoms with van der Waals surface area (Å²) in [7, 11) is -3.55. The van der Waals surface area contributed by atoms with Gasteiger partial charge in [0, 0.05) is 44.8 Å². The molecule has 0 saturated carbocycles. The smallest absolute Gasteiger partial charge is 0.243 e. The molecule has 2 amide bonds. The van der Waals surface area contributed by atoms with Crippen LogP contribution in [0.25, 0.3) is 0 Å². The van der Waals surface area contributed by atoms with Gasteiger partial charge in [-0.15, -0.1) is 0 Å². The van der Waals surface area contributed by atoms with E-state index >= 15 is 0 Å². The summed E-state index contributed by atoms with van der Waals surface area (Å²) in [5.74, 6) is -0.458. The Labute approximate surface area is 174 Å². The lowest BCUT2D eigenvalue weighted by atomic mass is 10.1. The second kappa shape index (κ2) is 10.2. The van der Waals surface area contributed by atoms with Crippen LogP contribution in [0.5, 0.6) is 0 Å². The Morgan fingerprint density at radius 3 is 2.07 bits per heavy atom. The minimum atomic E-state index is -3.55. The van der Waals surface area contributed by atoms with Gasteiger partial charge < -0.3 is 9.80 Å². The van der Waals surface area contributed by atoms with Gasteiger partial charge in [0.05, 0.1) is 10.8 Å². The molecule has 1 heterocycles. The molecular formula is C21H33N3O4S. The predicted octanol–water partition coefficient (Wildman–Crippen LogP) is 2.72. The van der Waals surface area contributed by atoms with Crippen LogP contribution >= 0.6 is 0 Å². The molecule has 0 aliphatic carbocycles. The number of carbonyl (C=O) groups is 2. The number of hydrogen-bond acceptors (Lipinski definition) is 4. The van der Waals surface area contributed by atoms with Crippen LogP contribution in [0.3, 0.4) is 0 Å². The number of nitrogens with zero attached hydrogens (tertiary/aromatic N) is 3. The minimum Gasteiger partial charge on any atom is -0.343 e. The molecule has 1 saturated heterocycles. The number of anilines is 1. The Kier molecular flexibility index (Phi) is 8.22. The Bertz CT molecular complexity index is 798. The molecule has 162 valence electrons. The van der Waals surface area contributed by atoms with Crippen molar-refractivity contribution in [1.82, 2.24) is 9.21 Å². The van der Waals surface area contributed by atoms with E-state index in [1.54, 1.807) is 34.1 Å².